The van der Waals surface area contributed by atoms with Gasteiger partial charge in [-0.25, -0.2) is 0 Å². The van der Waals surface area contributed by atoms with Crippen LogP contribution in [0.25, 0.3) is 0 Å². The molecule has 0 heterocycles. The molecule has 0 aromatic heterocycles. The lowest BCUT2D eigenvalue weighted by atomic mass is 10.1. The zero-order chi connectivity index (χ0) is 22.1. The molecule has 1 atom stereocenters. The summed E-state index contributed by atoms with van der Waals surface area (Å²) in [5, 5.41) is 2.76. The van der Waals surface area contributed by atoms with Gasteiger partial charge in [0.2, 0.25) is 11.7 Å². The summed E-state index contributed by atoms with van der Waals surface area (Å²) in [6.45, 7) is 7.54. The minimum Gasteiger partial charge on any atom is -0.494 e. The molecular formula is C24H29NO5. The van der Waals surface area contributed by atoms with E-state index in [0.717, 1.165) is 11.3 Å². The number of ether oxygens (including phenoxy) is 2. The SMILES string of the molecule is Cc1cccc(OCCCC(=O)OC(C)C(=O)c2ccc(NC(=O)C(C)C)cc2)c1. The highest BCUT2D eigenvalue weighted by Gasteiger charge is 2.19. The smallest absolute Gasteiger partial charge is 0.306 e. The number of carbonyl (C=O) groups excluding carboxylic acids is 3. The van der Waals surface area contributed by atoms with Crippen molar-refractivity contribution in [1.29, 1.82) is 0 Å². The molecule has 30 heavy (non-hydrogen) atoms. The molecule has 6 heteroatoms. The molecule has 0 aliphatic carbocycles. The standard InChI is InChI=1S/C24H29NO5/c1-16(2)24(28)25-20-12-10-19(11-13-20)23(27)18(4)30-22(26)9-6-14-29-21-8-5-7-17(3)15-21/h5,7-8,10-13,15-16,18H,6,9,14H2,1-4H3,(H,25,28). The van der Waals surface area contributed by atoms with Crippen LogP contribution in [0.15, 0.2) is 48.5 Å². The van der Waals surface area contributed by atoms with E-state index in [1.165, 1.54) is 0 Å². The van der Waals surface area contributed by atoms with Gasteiger partial charge in [-0.1, -0.05) is 26.0 Å². The molecule has 1 amide bonds. The summed E-state index contributed by atoms with van der Waals surface area (Å²) >= 11 is 0. The molecule has 0 fully saturated rings. The number of benzene rings is 2. The molecule has 0 saturated heterocycles. The van der Waals surface area contributed by atoms with Crippen LogP contribution in [0.4, 0.5) is 5.69 Å². The number of hydrogen-bond acceptors (Lipinski definition) is 5. The predicted molar refractivity (Wildman–Crippen MR) is 116 cm³/mol. The summed E-state index contributed by atoms with van der Waals surface area (Å²) in [5.74, 6) is -0.193. The third-order valence-corrected chi connectivity index (χ3v) is 4.42. The van der Waals surface area contributed by atoms with Gasteiger partial charge in [0, 0.05) is 23.6 Å². The fourth-order valence-corrected chi connectivity index (χ4v) is 2.66. The van der Waals surface area contributed by atoms with Gasteiger partial charge in [0.1, 0.15) is 5.75 Å². The van der Waals surface area contributed by atoms with Gasteiger partial charge in [0.05, 0.1) is 6.61 Å². The van der Waals surface area contributed by atoms with Crippen LogP contribution in [0.2, 0.25) is 0 Å². The number of ketones is 1. The summed E-state index contributed by atoms with van der Waals surface area (Å²) in [6.07, 6.45) is -0.215. The number of Topliss-reactive ketones (excluding diaryl/α,β-unsaturated/α-hetero) is 1. The van der Waals surface area contributed by atoms with Gasteiger partial charge in [-0.3, -0.25) is 14.4 Å². The Balaban J connectivity index is 1.76. The second-order valence-corrected chi connectivity index (χ2v) is 7.49. The van der Waals surface area contributed by atoms with Gasteiger partial charge in [-0.05, 0) is 62.2 Å². The normalized spacial score (nSPS) is 11.6. The minimum absolute atomic E-state index is 0.0947. The number of aryl methyl sites for hydroxylation is 1. The van der Waals surface area contributed by atoms with Crippen molar-refractivity contribution in [3.05, 3.63) is 59.7 Å². The first kappa shape index (κ1) is 23.1. The summed E-state index contributed by atoms with van der Waals surface area (Å²) in [7, 11) is 0. The average Bonchev–Trinajstić information content (AvgIpc) is 2.71. The Morgan fingerprint density at radius 2 is 1.70 bits per heavy atom. The van der Waals surface area contributed by atoms with E-state index in [-0.39, 0.29) is 24.0 Å². The van der Waals surface area contributed by atoms with Crippen LogP contribution in [0.1, 0.15) is 49.5 Å². The minimum atomic E-state index is -0.883. The first-order valence-electron chi connectivity index (χ1n) is 10.1. The molecule has 1 N–H and O–H groups in total. The fraction of sp³-hybridized carbons (Fsp3) is 0.375. The van der Waals surface area contributed by atoms with E-state index in [4.69, 9.17) is 9.47 Å². The van der Waals surface area contributed by atoms with E-state index in [1.807, 2.05) is 31.2 Å². The van der Waals surface area contributed by atoms with Crippen molar-refractivity contribution in [2.45, 2.75) is 46.6 Å². The molecule has 0 saturated carbocycles. The number of rotatable bonds is 10. The quantitative estimate of drug-likeness (QED) is 0.352. The Morgan fingerprint density at radius 1 is 1.00 bits per heavy atom. The zero-order valence-corrected chi connectivity index (χ0v) is 17.9. The number of hydrogen-bond donors (Lipinski definition) is 1. The van der Waals surface area contributed by atoms with E-state index < -0.39 is 12.1 Å². The van der Waals surface area contributed by atoms with E-state index in [1.54, 1.807) is 45.0 Å². The molecule has 0 radical (unpaired) electrons. The lowest BCUT2D eigenvalue weighted by Gasteiger charge is -2.13. The number of nitrogens with one attached hydrogen (secondary N) is 1. The maximum Gasteiger partial charge on any atom is 0.306 e. The van der Waals surface area contributed by atoms with Crippen LogP contribution in [-0.4, -0.2) is 30.4 Å². The fourth-order valence-electron chi connectivity index (χ4n) is 2.66. The summed E-state index contributed by atoms with van der Waals surface area (Å²) in [5.41, 5.74) is 2.14. The predicted octanol–water partition coefficient (Wildman–Crippen LogP) is 4.56. The molecule has 2 rings (SSSR count). The van der Waals surface area contributed by atoms with E-state index in [2.05, 4.69) is 5.32 Å². The van der Waals surface area contributed by atoms with Crippen molar-refractivity contribution >= 4 is 23.3 Å². The molecule has 6 nitrogen and oxygen atoms in total. The van der Waals surface area contributed by atoms with E-state index in [0.29, 0.717) is 24.3 Å². The van der Waals surface area contributed by atoms with Crippen molar-refractivity contribution in [1.82, 2.24) is 0 Å². The lowest BCUT2D eigenvalue weighted by molar-refractivity contribution is -0.146. The number of esters is 1. The Kier molecular flexibility index (Phi) is 8.59. The number of amides is 1. The first-order chi connectivity index (χ1) is 14.3. The molecule has 2 aromatic carbocycles. The van der Waals surface area contributed by atoms with Crippen LogP contribution in [0.5, 0.6) is 5.75 Å². The van der Waals surface area contributed by atoms with Gasteiger partial charge >= 0.3 is 5.97 Å². The van der Waals surface area contributed by atoms with Crippen molar-refractivity contribution in [3.63, 3.8) is 0 Å². The summed E-state index contributed by atoms with van der Waals surface area (Å²) < 4.78 is 10.9. The van der Waals surface area contributed by atoms with Crippen molar-refractivity contribution in [3.8, 4) is 5.75 Å². The number of anilines is 1. The van der Waals surface area contributed by atoms with Gasteiger partial charge in [-0.2, -0.15) is 0 Å². The number of carbonyl (C=O) groups is 3. The van der Waals surface area contributed by atoms with Gasteiger partial charge < -0.3 is 14.8 Å². The molecular weight excluding hydrogens is 382 g/mol. The third-order valence-electron chi connectivity index (χ3n) is 4.42. The van der Waals surface area contributed by atoms with Crippen LogP contribution in [0.3, 0.4) is 0 Å². The molecule has 0 aliphatic rings. The van der Waals surface area contributed by atoms with Gasteiger partial charge in [0.15, 0.2) is 6.10 Å². The Labute approximate surface area is 177 Å². The van der Waals surface area contributed by atoms with E-state index >= 15 is 0 Å². The monoisotopic (exact) mass is 411 g/mol. The first-order valence-corrected chi connectivity index (χ1v) is 10.1. The van der Waals surface area contributed by atoms with Crippen LogP contribution in [-0.2, 0) is 14.3 Å². The van der Waals surface area contributed by atoms with Crippen LogP contribution in [0, 0.1) is 12.8 Å². The highest BCUT2D eigenvalue weighted by atomic mass is 16.5. The molecule has 0 spiro atoms. The molecule has 2 aromatic rings. The molecule has 0 bridgehead atoms. The maximum absolute atomic E-state index is 12.5. The van der Waals surface area contributed by atoms with Gasteiger partial charge in [0.25, 0.3) is 0 Å². The third kappa shape index (κ3) is 7.35. The Bertz CT molecular complexity index is 873. The Morgan fingerprint density at radius 3 is 2.33 bits per heavy atom. The largest absolute Gasteiger partial charge is 0.494 e. The van der Waals surface area contributed by atoms with Crippen molar-refractivity contribution < 1.29 is 23.9 Å². The average molecular weight is 411 g/mol. The maximum atomic E-state index is 12.5. The van der Waals surface area contributed by atoms with Crippen molar-refractivity contribution in [2.24, 2.45) is 5.92 Å². The second-order valence-electron chi connectivity index (χ2n) is 7.49. The lowest BCUT2D eigenvalue weighted by Crippen LogP contribution is -2.24. The Hall–Kier alpha value is -3.15. The molecule has 160 valence electrons. The van der Waals surface area contributed by atoms with Crippen LogP contribution >= 0.6 is 0 Å². The van der Waals surface area contributed by atoms with Crippen molar-refractivity contribution in [2.75, 3.05) is 11.9 Å². The zero-order valence-electron chi connectivity index (χ0n) is 17.9. The second kappa shape index (κ2) is 11.1. The molecule has 0 aliphatic heterocycles. The highest BCUT2D eigenvalue weighted by Crippen LogP contribution is 2.15. The van der Waals surface area contributed by atoms with E-state index in [9.17, 15) is 14.4 Å². The van der Waals surface area contributed by atoms with Gasteiger partial charge in [-0.15, -0.1) is 0 Å². The molecule has 1 unspecified atom stereocenters. The van der Waals surface area contributed by atoms with Crippen LogP contribution < -0.4 is 10.1 Å². The topological polar surface area (TPSA) is 81.7 Å². The summed E-state index contributed by atoms with van der Waals surface area (Å²) in [6, 6.07) is 14.2. The highest BCUT2D eigenvalue weighted by molar-refractivity contribution is 6.00. The summed E-state index contributed by atoms with van der Waals surface area (Å²) in [4.78, 5) is 36.2.